The fourth-order valence-corrected chi connectivity index (χ4v) is 2.91. The van der Waals surface area contributed by atoms with Crippen LogP contribution < -0.4 is 15.4 Å². The molecule has 3 amide bonds. The summed E-state index contributed by atoms with van der Waals surface area (Å²) < 4.78 is 5.17. The molecule has 1 aromatic rings. The SMILES string of the molecule is COc1cccc(NC(=O)N2CCC[C@@H](C(=O)NCCC(C)C)C2)c1. The minimum atomic E-state index is -0.173. The van der Waals surface area contributed by atoms with Gasteiger partial charge in [-0.25, -0.2) is 4.79 Å². The molecule has 2 N–H and O–H groups in total. The van der Waals surface area contributed by atoms with Crippen molar-refractivity contribution in [3.05, 3.63) is 24.3 Å². The molecule has 0 radical (unpaired) electrons. The maximum atomic E-state index is 12.5. The smallest absolute Gasteiger partial charge is 0.321 e. The first-order chi connectivity index (χ1) is 12.0. The van der Waals surface area contributed by atoms with Gasteiger partial charge in [0.05, 0.1) is 13.0 Å². The van der Waals surface area contributed by atoms with E-state index in [1.165, 1.54) is 0 Å². The number of nitrogens with one attached hydrogen (secondary N) is 2. The van der Waals surface area contributed by atoms with Gasteiger partial charge < -0.3 is 20.3 Å². The van der Waals surface area contributed by atoms with E-state index in [4.69, 9.17) is 4.74 Å². The molecule has 2 rings (SSSR count). The maximum absolute atomic E-state index is 12.5. The Morgan fingerprint density at radius 3 is 2.88 bits per heavy atom. The molecule has 0 aliphatic carbocycles. The van der Waals surface area contributed by atoms with Gasteiger partial charge in [-0.2, -0.15) is 0 Å². The Morgan fingerprint density at radius 1 is 1.36 bits per heavy atom. The van der Waals surface area contributed by atoms with Gasteiger partial charge in [0.15, 0.2) is 0 Å². The van der Waals surface area contributed by atoms with Crippen molar-refractivity contribution < 1.29 is 14.3 Å². The number of amides is 3. The number of likely N-dealkylation sites (tertiary alicyclic amines) is 1. The molecule has 0 aromatic heterocycles. The van der Waals surface area contributed by atoms with Gasteiger partial charge in [0, 0.05) is 31.4 Å². The second-order valence-corrected chi connectivity index (χ2v) is 6.92. The predicted molar refractivity (Wildman–Crippen MR) is 98.8 cm³/mol. The highest BCUT2D eigenvalue weighted by Gasteiger charge is 2.28. The highest BCUT2D eigenvalue weighted by atomic mass is 16.5. The largest absolute Gasteiger partial charge is 0.497 e. The summed E-state index contributed by atoms with van der Waals surface area (Å²) >= 11 is 0. The fourth-order valence-electron chi connectivity index (χ4n) is 2.91. The number of methoxy groups -OCH3 is 1. The Bertz CT molecular complexity index is 589. The number of nitrogens with zero attached hydrogens (tertiary/aromatic N) is 1. The fraction of sp³-hybridized carbons (Fsp3) is 0.579. The molecule has 1 aliphatic heterocycles. The molecule has 1 saturated heterocycles. The normalized spacial score (nSPS) is 17.3. The van der Waals surface area contributed by atoms with Crippen LogP contribution in [0.4, 0.5) is 10.5 Å². The summed E-state index contributed by atoms with van der Waals surface area (Å²) in [4.78, 5) is 26.5. The van der Waals surface area contributed by atoms with E-state index >= 15 is 0 Å². The van der Waals surface area contributed by atoms with Gasteiger partial charge in [0.1, 0.15) is 5.75 Å². The van der Waals surface area contributed by atoms with Crippen LogP contribution in [0.2, 0.25) is 0 Å². The quantitative estimate of drug-likeness (QED) is 0.831. The molecule has 0 saturated carbocycles. The molecule has 1 heterocycles. The number of carbonyl (C=O) groups is 2. The minimum absolute atomic E-state index is 0.0551. The molecule has 1 aromatic carbocycles. The third-order valence-electron chi connectivity index (χ3n) is 4.42. The number of rotatable bonds is 6. The van der Waals surface area contributed by atoms with Gasteiger partial charge in [-0.05, 0) is 37.3 Å². The Kier molecular flexibility index (Phi) is 7.10. The van der Waals surface area contributed by atoms with Crippen molar-refractivity contribution >= 4 is 17.6 Å². The topological polar surface area (TPSA) is 70.7 Å². The van der Waals surface area contributed by atoms with E-state index in [-0.39, 0.29) is 17.9 Å². The van der Waals surface area contributed by atoms with Crippen molar-refractivity contribution in [3.63, 3.8) is 0 Å². The summed E-state index contributed by atoms with van der Waals surface area (Å²) in [5, 5.41) is 5.87. The lowest BCUT2D eigenvalue weighted by Crippen LogP contribution is -2.47. The van der Waals surface area contributed by atoms with Crippen molar-refractivity contribution in [2.45, 2.75) is 33.1 Å². The molecule has 6 nitrogen and oxygen atoms in total. The number of ether oxygens (including phenoxy) is 1. The lowest BCUT2D eigenvalue weighted by Gasteiger charge is -2.32. The number of hydrogen-bond acceptors (Lipinski definition) is 3. The number of benzene rings is 1. The second kappa shape index (κ2) is 9.30. The summed E-state index contributed by atoms with van der Waals surface area (Å²) in [7, 11) is 1.59. The van der Waals surface area contributed by atoms with Gasteiger partial charge in [-0.15, -0.1) is 0 Å². The van der Waals surface area contributed by atoms with Crippen molar-refractivity contribution in [1.29, 1.82) is 0 Å². The summed E-state index contributed by atoms with van der Waals surface area (Å²) in [6.45, 7) is 6.10. The zero-order chi connectivity index (χ0) is 18.2. The number of carbonyl (C=O) groups excluding carboxylic acids is 2. The molecule has 1 fully saturated rings. The number of hydrogen-bond donors (Lipinski definition) is 2. The highest BCUT2D eigenvalue weighted by Crippen LogP contribution is 2.20. The van der Waals surface area contributed by atoms with Crippen molar-refractivity contribution in [2.24, 2.45) is 11.8 Å². The Morgan fingerprint density at radius 2 is 2.16 bits per heavy atom. The first kappa shape index (κ1) is 19.1. The molecule has 0 unspecified atom stereocenters. The lowest BCUT2D eigenvalue weighted by atomic mass is 9.97. The van der Waals surface area contributed by atoms with Crippen LogP contribution in [0.25, 0.3) is 0 Å². The van der Waals surface area contributed by atoms with Gasteiger partial charge in [0.25, 0.3) is 0 Å². The molecule has 0 bridgehead atoms. The van der Waals surface area contributed by atoms with E-state index in [2.05, 4.69) is 24.5 Å². The molecule has 138 valence electrons. The van der Waals surface area contributed by atoms with Crippen LogP contribution in [0.15, 0.2) is 24.3 Å². The predicted octanol–water partition coefficient (Wildman–Crippen LogP) is 3.10. The Balaban J connectivity index is 1.86. The van der Waals surface area contributed by atoms with Gasteiger partial charge in [-0.1, -0.05) is 19.9 Å². The van der Waals surface area contributed by atoms with Crippen LogP contribution in [-0.4, -0.2) is 43.6 Å². The first-order valence-corrected chi connectivity index (χ1v) is 8.97. The minimum Gasteiger partial charge on any atom is -0.497 e. The van der Waals surface area contributed by atoms with E-state index in [0.717, 1.165) is 19.3 Å². The Hall–Kier alpha value is -2.24. The van der Waals surface area contributed by atoms with Crippen molar-refractivity contribution in [2.75, 3.05) is 32.1 Å². The first-order valence-electron chi connectivity index (χ1n) is 8.97. The van der Waals surface area contributed by atoms with Crippen molar-refractivity contribution in [1.82, 2.24) is 10.2 Å². The number of piperidine rings is 1. The van der Waals surface area contributed by atoms with Crippen molar-refractivity contribution in [3.8, 4) is 5.75 Å². The molecule has 25 heavy (non-hydrogen) atoms. The molecular weight excluding hydrogens is 318 g/mol. The molecule has 6 heteroatoms. The monoisotopic (exact) mass is 347 g/mol. The standard InChI is InChI=1S/C19H29N3O3/c1-14(2)9-10-20-18(23)15-6-5-11-22(13-15)19(24)21-16-7-4-8-17(12-16)25-3/h4,7-8,12,14-15H,5-6,9-11,13H2,1-3H3,(H,20,23)(H,21,24)/t15-/m1/s1. The Labute approximate surface area is 149 Å². The van der Waals surface area contributed by atoms with Crippen LogP contribution in [0.3, 0.4) is 0 Å². The van der Waals surface area contributed by atoms with E-state index in [1.807, 2.05) is 18.2 Å². The highest BCUT2D eigenvalue weighted by molar-refractivity contribution is 5.90. The summed E-state index contributed by atoms with van der Waals surface area (Å²) in [6, 6.07) is 7.08. The lowest BCUT2D eigenvalue weighted by molar-refractivity contribution is -0.126. The summed E-state index contributed by atoms with van der Waals surface area (Å²) in [6.07, 6.45) is 2.64. The third-order valence-corrected chi connectivity index (χ3v) is 4.42. The van der Waals surface area contributed by atoms with Gasteiger partial charge >= 0.3 is 6.03 Å². The third kappa shape index (κ3) is 5.96. The van der Waals surface area contributed by atoms with E-state index in [1.54, 1.807) is 18.1 Å². The van der Waals surface area contributed by atoms with Crippen LogP contribution in [0, 0.1) is 11.8 Å². The molecule has 1 aliphatic rings. The van der Waals surface area contributed by atoms with E-state index in [9.17, 15) is 9.59 Å². The molecular formula is C19H29N3O3. The van der Waals surface area contributed by atoms with Crippen LogP contribution in [0.5, 0.6) is 5.75 Å². The van der Waals surface area contributed by atoms with Gasteiger partial charge in [0.2, 0.25) is 5.91 Å². The van der Waals surface area contributed by atoms with Gasteiger partial charge in [-0.3, -0.25) is 4.79 Å². The van der Waals surface area contributed by atoms with Crippen LogP contribution >= 0.6 is 0 Å². The zero-order valence-corrected chi connectivity index (χ0v) is 15.4. The molecule has 0 spiro atoms. The maximum Gasteiger partial charge on any atom is 0.321 e. The van der Waals surface area contributed by atoms with Crippen LogP contribution in [0.1, 0.15) is 33.1 Å². The number of urea groups is 1. The van der Waals surface area contributed by atoms with Crippen LogP contribution in [-0.2, 0) is 4.79 Å². The van der Waals surface area contributed by atoms with E-state index in [0.29, 0.717) is 37.0 Å². The second-order valence-electron chi connectivity index (χ2n) is 6.92. The molecule has 1 atom stereocenters. The zero-order valence-electron chi connectivity index (χ0n) is 15.4. The number of anilines is 1. The average Bonchev–Trinajstić information content (AvgIpc) is 2.61. The summed E-state index contributed by atoms with van der Waals surface area (Å²) in [5.74, 6) is 1.19. The summed E-state index contributed by atoms with van der Waals surface area (Å²) in [5.41, 5.74) is 0.688. The van der Waals surface area contributed by atoms with E-state index < -0.39 is 0 Å². The average molecular weight is 347 g/mol.